The fourth-order valence-corrected chi connectivity index (χ4v) is 1.96. The lowest BCUT2D eigenvalue weighted by Gasteiger charge is -2.09. The minimum Gasteiger partial charge on any atom is -0.298 e. The molecule has 6 nitrogen and oxygen atoms in total. The molecule has 2 aromatic carbocycles. The molecule has 22 heavy (non-hydrogen) atoms. The second-order valence-electron chi connectivity index (χ2n) is 4.69. The Labute approximate surface area is 127 Å². The van der Waals surface area contributed by atoms with Crippen LogP contribution >= 0.6 is 0 Å². The van der Waals surface area contributed by atoms with E-state index in [0.717, 1.165) is 11.3 Å². The zero-order chi connectivity index (χ0) is 15.2. The van der Waals surface area contributed by atoms with E-state index in [2.05, 4.69) is 20.8 Å². The topological polar surface area (TPSA) is 71.8 Å². The number of rotatable bonds is 5. The van der Waals surface area contributed by atoms with Crippen LogP contribution in [0.3, 0.4) is 0 Å². The molecule has 1 heterocycles. The highest BCUT2D eigenvalue weighted by Crippen LogP contribution is 2.05. The first-order chi connectivity index (χ1) is 10.8. The molecule has 0 spiro atoms. The van der Waals surface area contributed by atoms with Crippen LogP contribution in [0.2, 0.25) is 0 Å². The third-order valence-electron chi connectivity index (χ3n) is 3.05. The first kappa shape index (κ1) is 13.8. The summed E-state index contributed by atoms with van der Waals surface area (Å²) in [5, 5.41) is 0. The van der Waals surface area contributed by atoms with E-state index in [0.29, 0.717) is 6.54 Å². The molecule has 0 bridgehead atoms. The second-order valence-corrected chi connectivity index (χ2v) is 4.69. The molecule has 3 aromatic rings. The summed E-state index contributed by atoms with van der Waals surface area (Å²) < 4.78 is 1.46. The molecule has 0 unspecified atom stereocenters. The van der Waals surface area contributed by atoms with E-state index in [1.165, 1.54) is 10.9 Å². The predicted molar refractivity (Wildman–Crippen MR) is 85.5 cm³/mol. The fourth-order valence-electron chi connectivity index (χ4n) is 1.96. The van der Waals surface area contributed by atoms with Crippen molar-refractivity contribution in [2.75, 3.05) is 10.9 Å². The van der Waals surface area contributed by atoms with Crippen LogP contribution in [0.25, 0.3) is 0 Å². The van der Waals surface area contributed by atoms with Gasteiger partial charge in [0.2, 0.25) is 5.95 Å². The van der Waals surface area contributed by atoms with Crippen LogP contribution in [0.1, 0.15) is 5.56 Å². The van der Waals surface area contributed by atoms with Gasteiger partial charge >= 0.3 is 5.69 Å². The van der Waals surface area contributed by atoms with Gasteiger partial charge in [-0.3, -0.25) is 15.4 Å². The molecule has 0 aliphatic rings. The van der Waals surface area contributed by atoms with Crippen LogP contribution in [-0.2, 0) is 6.54 Å². The first-order valence-corrected chi connectivity index (χ1v) is 6.86. The number of benzene rings is 2. The molecule has 0 saturated carbocycles. The van der Waals surface area contributed by atoms with Crippen molar-refractivity contribution in [3.63, 3.8) is 0 Å². The Morgan fingerprint density at radius 3 is 2.27 bits per heavy atom. The number of hydrogen-bond acceptors (Lipinski definition) is 5. The van der Waals surface area contributed by atoms with Gasteiger partial charge in [-0.25, -0.2) is 9.78 Å². The average molecular weight is 293 g/mol. The lowest BCUT2D eigenvalue weighted by atomic mass is 10.2. The van der Waals surface area contributed by atoms with Crippen LogP contribution in [-0.4, -0.2) is 14.5 Å². The second kappa shape index (κ2) is 6.53. The SMILES string of the molecule is O=c1nc(NNc2ccccc2)ncn1Cc1ccccc1. The molecule has 6 heteroatoms. The largest absolute Gasteiger partial charge is 0.352 e. The predicted octanol–water partition coefficient (Wildman–Crippen LogP) is 2.13. The van der Waals surface area contributed by atoms with Gasteiger partial charge in [0.15, 0.2) is 0 Å². The Morgan fingerprint density at radius 2 is 1.59 bits per heavy atom. The molecule has 0 fully saturated rings. The number of aromatic nitrogens is 3. The number of anilines is 2. The zero-order valence-electron chi connectivity index (χ0n) is 11.8. The van der Waals surface area contributed by atoms with E-state index in [1.807, 2.05) is 60.7 Å². The van der Waals surface area contributed by atoms with Crippen molar-refractivity contribution in [1.29, 1.82) is 0 Å². The molecule has 0 radical (unpaired) electrons. The molecule has 3 rings (SSSR count). The van der Waals surface area contributed by atoms with Gasteiger partial charge in [0.25, 0.3) is 0 Å². The van der Waals surface area contributed by atoms with Crippen molar-refractivity contribution in [3.05, 3.63) is 83.0 Å². The smallest absolute Gasteiger partial charge is 0.298 e. The van der Waals surface area contributed by atoms with E-state index in [4.69, 9.17) is 0 Å². The van der Waals surface area contributed by atoms with Gasteiger partial charge in [0.1, 0.15) is 6.33 Å². The molecular weight excluding hydrogens is 278 g/mol. The molecule has 110 valence electrons. The normalized spacial score (nSPS) is 10.2. The van der Waals surface area contributed by atoms with E-state index < -0.39 is 0 Å². The molecule has 0 aliphatic carbocycles. The van der Waals surface area contributed by atoms with Crippen molar-refractivity contribution >= 4 is 11.6 Å². The standard InChI is InChI=1S/C16H15N5O/c22-16-18-15(20-19-14-9-5-2-6-10-14)17-12-21(16)11-13-7-3-1-4-8-13/h1-10,12,19H,11H2,(H,18,20,22). The van der Waals surface area contributed by atoms with Gasteiger partial charge in [-0.05, 0) is 17.7 Å². The third kappa shape index (κ3) is 3.49. The van der Waals surface area contributed by atoms with Gasteiger partial charge < -0.3 is 0 Å². The van der Waals surface area contributed by atoms with Crippen LogP contribution in [0.5, 0.6) is 0 Å². The summed E-state index contributed by atoms with van der Waals surface area (Å²) in [4.78, 5) is 20.0. The summed E-state index contributed by atoms with van der Waals surface area (Å²) in [5.41, 5.74) is 7.28. The summed E-state index contributed by atoms with van der Waals surface area (Å²) in [7, 11) is 0. The van der Waals surface area contributed by atoms with E-state index in [9.17, 15) is 4.79 Å². The third-order valence-corrected chi connectivity index (χ3v) is 3.05. The fraction of sp³-hybridized carbons (Fsp3) is 0.0625. The molecule has 0 atom stereocenters. The molecule has 1 aromatic heterocycles. The van der Waals surface area contributed by atoms with E-state index >= 15 is 0 Å². The maximum Gasteiger partial charge on any atom is 0.352 e. The lowest BCUT2D eigenvalue weighted by Crippen LogP contribution is -2.26. The van der Waals surface area contributed by atoms with Crippen molar-refractivity contribution in [3.8, 4) is 0 Å². The highest BCUT2D eigenvalue weighted by molar-refractivity contribution is 5.46. The number of hydrazine groups is 1. The van der Waals surface area contributed by atoms with Crippen molar-refractivity contribution < 1.29 is 0 Å². The van der Waals surface area contributed by atoms with Crippen molar-refractivity contribution in [1.82, 2.24) is 14.5 Å². The molecule has 0 amide bonds. The Bertz CT molecular complexity index is 786. The summed E-state index contributed by atoms with van der Waals surface area (Å²) >= 11 is 0. The van der Waals surface area contributed by atoms with Gasteiger partial charge in [-0.2, -0.15) is 4.98 Å². The van der Waals surface area contributed by atoms with E-state index in [1.54, 1.807) is 0 Å². The average Bonchev–Trinajstić information content (AvgIpc) is 2.57. The van der Waals surface area contributed by atoms with Gasteiger partial charge in [-0.1, -0.05) is 48.5 Å². The van der Waals surface area contributed by atoms with Crippen LogP contribution in [0, 0.1) is 0 Å². The minimum atomic E-state index is -0.351. The van der Waals surface area contributed by atoms with Crippen LogP contribution in [0.4, 0.5) is 11.6 Å². The lowest BCUT2D eigenvalue weighted by molar-refractivity contribution is 0.702. The molecule has 0 saturated heterocycles. The van der Waals surface area contributed by atoms with Crippen LogP contribution < -0.4 is 16.5 Å². The number of nitrogens with one attached hydrogen (secondary N) is 2. The quantitative estimate of drug-likeness (QED) is 0.705. The maximum atomic E-state index is 12.0. The summed E-state index contributed by atoms with van der Waals surface area (Å²) in [6.07, 6.45) is 1.48. The number of hydrogen-bond donors (Lipinski definition) is 2. The summed E-state index contributed by atoms with van der Waals surface area (Å²) in [6, 6.07) is 19.2. The van der Waals surface area contributed by atoms with Gasteiger partial charge in [0, 0.05) is 0 Å². The maximum absolute atomic E-state index is 12.0. The van der Waals surface area contributed by atoms with Gasteiger partial charge in [0.05, 0.1) is 12.2 Å². The number of para-hydroxylation sites is 1. The highest BCUT2D eigenvalue weighted by atomic mass is 16.1. The Morgan fingerprint density at radius 1 is 0.909 bits per heavy atom. The Balaban J connectivity index is 1.68. The van der Waals surface area contributed by atoms with E-state index in [-0.39, 0.29) is 11.6 Å². The Hall–Kier alpha value is -3.15. The summed E-state index contributed by atoms with van der Waals surface area (Å²) in [5.74, 6) is 0.234. The van der Waals surface area contributed by atoms with Crippen LogP contribution in [0.15, 0.2) is 71.8 Å². The Kier molecular flexibility index (Phi) is 4.10. The minimum absolute atomic E-state index is 0.234. The summed E-state index contributed by atoms with van der Waals surface area (Å²) in [6.45, 7) is 0.450. The first-order valence-electron chi connectivity index (χ1n) is 6.86. The monoisotopic (exact) mass is 293 g/mol. The molecule has 2 N–H and O–H groups in total. The van der Waals surface area contributed by atoms with Crippen molar-refractivity contribution in [2.45, 2.75) is 6.54 Å². The highest BCUT2D eigenvalue weighted by Gasteiger charge is 2.02. The van der Waals surface area contributed by atoms with Gasteiger partial charge in [-0.15, -0.1) is 0 Å². The molecule has 0 aliphatic heterocycles. The molecular formula is C16H15N5O. The number of nitrogens with zero attached hydrogens (tertiary/aromatic N) is 3. The zero-order valence-corrected chi connectivity index (χ0v) is 11.8. The van der Waals surface area contributed by atoms with Crippen molar-refractivity contribution in [2.24, 2.45) is 0 Å².